The van der Waals surface area contributed by atoms with Crippen LogP contribution in [0.1, 0.15) is 35.2 Å². The standard InChI is InChI=1S/C22H22ClF4N5O4/c1-12-29-20(32(30-12)17-8-15(23)16(24)7-14(17)22(25,26)27)19(18(33)9-28)34-10-31-11-35-21(36-31)13-5-3-2-4-6-13/h2-8,18-19,21,33H,9-11,28H2,1H3/t18-,19?,21?/m0/s1. The van der Waals surface area contributed by atoms with Gasteiger partial charge in [-0.15, -0.1) is 5.06 Å². The molecule has 1 fully saturated rings. The van der Waals surface area contributed by atoms with Crippen molar-refractivity contribution in [3.8, 4) is 5.69 Å². The number of aromatic nitrogens is 3. The molecule has 0 amide bonds. The summed E-state index contributed by atoms with van der Waals surface area (Å²) < 4.78 is 67.3. The molecule has 0 bridgehead atoms. The van der Waals surface area contributed by atoms with Crippen molar-refractivity contribution in [1.82, 2.24) is 19.8 Å². The van der Waals surface area contributed by atoms with E-state index in [1.165, 1.54) is 12.0 Å². The van der Waals surface area contributed by atoms with Gasteiger partial charge in [0.25, 0.3) is 0 Å². The van der Waals surface area contributed by atoms with E-state index in [4.69, 9.17) is 31.6 Å². The molecule has 2 aromatic carbocycles. The van der Waals surface area contributed by atoms with Gasteiger partial charge in [-0.3, -0.25) is 4.84 Å². The van der Waals surface area contributed by atoms with Gasteiger partial charge in [0.05, 0.1) is 22.4 Å². The summed E-state index contributed by atoms with van der Waals surface area (Å²) in [6.07, 6.45) is -8.34. The summed E-state index contributed by atoms with van der Waals surface area (Å²) in [7, 11) is 0. The molecule has 14 heteroatoms. The Kier molecular flexibility index (Phi) is 7.90. The van der Waals surface area contributed by atoms with Crippen LogP contribution in [0.4, 0.5) is 17.6 Å². The second kappa shape index (κ2) is 10.8. The predicted octanol–water partition coefficient (Wildman–Crippen LogP) is 3.64. The Morgan fingerprint density at radius 2 is 2.00 bits per heavy atom. The summed E-state index contributed by atoms with van der Waals surface area (Å²) in [4.78, 5) is 9.84. The molecule has 194 valence electrons. The smallest absolute Gasteiger partial charge is 0.389 e. The third kappa shape index (κ3) is 5.67. The minimum atomic E-state index is -4.94. The Balaban J connectivity index is 1.62. The van der Waals surface area contributed by atoms with Gasteiger partial charge in [-0.25, -0.2) is 14.1 Å². The lowest BCUT2D eigenvalue weighted by Gasteiger charge is -2.25. The number of hydroxylamine groups is 2. The number of alkyl halides is 3. The van der Waals surface area contributed by atoms with Gasteiger partial charge in [-0.05, 0) is 19.1 Å². The van der Waals surface area contributed by atoms with Crippen molar-refractivity contribution in [3.63, 3.8) is 0 Å². The number of hydrogen-bond donors (Lipinski definition) is 2. The number of ether oxygens (including phenoxy) is 2. The molecule has 1 aliphatic heterocycles. The minimum absolute atomic E-state index is 0.0164. The van der Waals surface area contributed by atoms with Gasteiger partial charge in [0, 0.05) is 12.1 Å². The van der Waals surface area contributed by atoms with E-state index in [0.717, 1.165) is 16.3 Å². The van der Waals surface area contributed by atoms with Crippen molar-refractivity contribution >= 4 is 11.6 Å². The zero-order valence-electron chi connectivity index (χ0n) is 18.8. The highest BCUT2D eigenvalue weighted by Crippen LogP contribution is 2.38. The molecule has 1 saturated heterocycles. The third-order valence-corrected chi connectivity index (χ3v) is 5.53. The number of halogens is 5. The molecule has 4 rings (SSSR count). The van der Waals surface area contributed by atoms with E-state index in [1.807, 2.05) is 30.3 Å². The van der Waals surface area contributed by atoms with Gasteiger partial charge < -0.3 is 20.3 Å². The lowest BCUT2D eigenvalue weighted by molar-refractivity contribution is -0.221. The second-order valence-corrected chi connectivity index (χ2v) is 8.26. The van der Waals surface area contributed by atoms with Crippen molar-refractivity contribution in [1.29, 1.82) is 0 Å². The molecule has 1 aromatic heterocycles. The molecule has 0 aliphatic carbocycles. The first-order valence-electron chi connectivity index (χ1n) is 10.7. The van der Waals surface area contributed by atoms with Crippen molar-refractivity contribution in [2.45, 2.75) is 31.6 Å². The van der Waals surface area contributed by atoms with E-state index < -0.39 is 46.8 Å². The summed E-state index contributed by atoms with van der Waals surface area (Å²) in [5, 5.41) is 15.3. The van der Waals surface area contributed by atoms with E-state index in [1.54, 1.807) is 0 Å². The summed E-state index contributed by atoms with van der Waals surface area (Å²) >= 11 is 5.78. The molecule has 9 nitrogen and oxygen atoms in total. The zero-order valence-corrected chi connectivity index (χ0v) is 19.6. The number of aliphatic hydroxyl groups excluding tert-OH is 1. The molecular weight excluding hydrogens is 510 g/mol. The van der Waals surface area contributed by atoms with E-state index in [2.05, 4.69) is 10.1 Å². The third-order valence-electron chi connectivity index (χ3n) is 5.24. The average molecular weight is 532 g/mol. The maximum Gasteiger partial charge on any atom is 0.418 e. The Morgan fingerprint density at radius 3 is 2.67 bits per heavy atom. The first-order valence-corrected chi connectivity index (χ1v) is 11.0. The van der Waals surface area contributed by atoms with Crippen molar-refractivity contribution in [3.05, 3.63) is 76.1 Å². The van der Waals surface area contributed by atoms with Gasteiger partial charge in [0.1, 0.15) is 31.2 Å². The van der Waals surface area contributed by atoms with Crippen molar-refractivity contribution < 1.29 is 37.0 Å². The van der Waals surface area contributed by atoms with Crippen LogP contribution >= 0.6 is 11.6 Å². The largest absolute Gasteiger partial charge is 0.418 e. The number of benzene rings is 2. The molecule has 2 unspecified atom stereocenters. The fraction of sp³-hybridized carbons (Fsp3) is 0.364. The SMILES string of the molecule is Cc1nc(C(OCN2COC(c3ccccc3)O2)[C@@H](O)CN)n(-c2cc(Cl)c(F)cc2C(F)(F)F)n1. The molecule has 0 radical (unpaired) electrons. The maximum absolute atomic E-state index is 13.9. The quantitative estimate of drug-likeness (QED) is 0.424. The molecule has 2 heterocycles. The predicted molar refractivity (Wildman–Crippen MR) is 118 cm³/mol. The van der Waals surface area contributed by atoms with Crippen LogP contribution in [0.25, 0.3) is 5.69 Å². The number of aliphatic hydroxyl groups is 1. The second-order valence-electron chi connectivity index (χ2n) is 7.86. The maximum atomic E-state index is 13.9. The fourth-order valence-corrected chi connectivity index (χ4v) is 3.72. The van der Waals surface area contributed by atoms with Crippen LogP contribution in [0.15, 0.2) is 42.5 Å². The van der Waals surface area contributed by atoms with Crippen LogP contribution in [0.2, 0.25) is 5.02 Å². The van der Waals surface area contributed by atoms with Crippen LogP contribution in [0.3, 0.4) is 0 Å². The Labute approximate surface area is 207 Å². The fourth-order valence-electron chi connectivity index (χ4n) is 3.56. The summed E-state index contributed by atoms with van der Waals surface area (Å²) in [6.45, 7) is 0.888. The molecule has 1 aliphatic rings. The van der Waals surface area contributed by atoms with Gasteiger partial charge in [-0.2, -0.15) is 18.3 Å². The highest BCUT2D eigenvalue weighted by Gasteiger charge is 2.38. The van der Waals surface area contributed by atoms with Gasteiger partial charge in [0.2, 0.25) is 6.29 Å². The molecule has 0 saturated carbocycles. The van der Waals surface area contributed by atoms with Crippen LogP contribution < -0.4 is 5.73 Å². The first kappa shape index (κ1) is 26.4. The molecule has 3 N–H and O–H groups in total. The molecule has 0 spiro atoms. The van der Waals surface area contributed by atoms with E-state index in [9.17, 15) is 22.7 Å². The van der Waals surface area contributed by atoms with Gasteiger partial charge in [-0.1, -0.05) is 41.9 Å². The molecule has 3 aromatic rings. The topological polar surface area (TPSA) is 108 Å². The lowest BCUT2D eigenvalue weighted by Crippen LogP contribution is -2.34. The number of nitrogens with two attached hydrogens (primary N) is 1. The van der Waals surface area contributed by atoms with Crippen LogP contribution in [-0.2, 0) is 20.5 Å². The van der Waals surface area contributed by atoms with E-state index >= 15 is 0 Å². The zero-order chi connectivity index (χ0) is 26.0. The Hall–Kier alpha value is -2.65. The van der Waals surface area contributed by atoms with Gasteiger partial charge >= 0.3 is 6.18 Å². The summed E-state index contributed by atoms with van der Waals surface area (Å²) in [6, 6.07) is 10.2. The van der Waals surface area contributed by atoms with Crippen LogP contribution in [0, 0.1) is 12.7 Å². The van der Waals surface area contributed by atoms with Crippen molar-refractivity contribution in [2.24, 2.45) is 5.73 Å². The minimum Gasteiger partial charge on any atom is -0.389 e. The highest BCUT2D eigenvalue weighted by atomic mass is 35.5. The molecular formula is C22H22ClF4N5O4. The van der Waals surface area contributed by atoms with Gasteiger partial charge in [0.15, 0.2) is 5.82 Å². The number of aryl methyl sites for hydroxylation is 1. The van der Waals surface area contributed by atoms with Crippen molar-refractivity contribution in [2.75, 3.05) is 20.0 Å². The molecule has 3 atom stereocenters. The number of nitrogens with zero attached hydrogens (tertiary/aromatic N) is 4. The lowest BCUT2D eigenvalue weighted by atomic mass is 10.1. The van der Waals surface area contributed by atoms with E-state index in [-0.39, 0.29) is 37.7 Å². The highest BCUT2D eigenvalue weighted by molar-refractivity contribution is 6.30. The molecule has 36 heavy (non-hydrogen) atoms. The number of hydrogen-bond acceptors (Lipinski definition) is 8. The summed E-state index contributed by atoms with van der Waals surface area (Å²) in [5.74, 6) is -1.38. The normalized spacial score (nSPS) is 18.5. The monoisotopic (exact) mass is 531 g/mol. The average Bonchev–Trinajstić information content (AvgIpc) is 3.47. The van der Waals surface area contributed by atoms with Crippen LogP contribution in [0.5, 0.6) is 0 Å². The van der Waals surface area contributed by atoms with Crippen LogP contribution in [-0.4, -0.2) is 51.0 Å². The number of rotatable bonds is 8. The Morgan fingerprint density at radius 1 is 1.28 bits per heavy atom. The first-order chi connectivity index (χ1) is 17.1. The van der Waals surface area contributed by atoms with E-state index in [0.29, 0.717) is 0 Å². The Bertz CT molecular complexity index is 1200. The summed E-state index contributed by atoms with van der Waals surface area (Å²) in [5.41, 5.74) is 4.46.